The fraction of sp³-hybridized carbons (Fsp3) is 0.429. The molecular weight excluding hydrogens is 459 g/mol. The average Bonchev–Trinajstić information content (AvgIpc) is 3.23. The van der Waals surface area contributed by atoms with Crippen LogP contribution in [-0.2, 0) is 17.6 Å². The number of carbonyl (C=O) groups excluding carboxylic acids is 2. The molecular formula is C28H31FN4O3. The van der Waals surface area contributed by atoms with Crippen LogP contribution in [0.2, 0.25) is 0 Å². The molecule has 3 heterocycles. The minimum atomic E-state index is -0.834. The van der Waals surface area contributed by atoms with Crippen LogP contribution >= 0.6 is 0 Å². The lowest BCUT2D eigenvalue weighted by atomic mass is 9.60. The van der Waals surface area contributed by atoms with Crippen molar-refractivity contribution in [2.24, 2.45) is 11.3 Å². The van der Waals surface area contributed by atoms with Gasteiger partial charge in [-0.15, -0.1) is 0 Å². The molecule has 8 heteroatoms. The van der Waals surface area contributed by atoms with Gasteiger partial charge in [-0.05, 0) is 100 Å². The van der Waals surface area contributed by atoms with Crippen LogP contribution in [0.4, 0.5) is 9.18 Å². The van der Waals surface area contributed by atoms with Crippen molar-refractivity contribution in [2.75, 3.05) is 13.1 Å². The number of ketones is 1. The summed E-state index contributed by atoms with van der Waals surface area (Å²) in [5.41, 5.74) is 2.68. The molecule has 2 atom stereocenters. The fourth-order valence-electron chi connectivity index (χ4n) is 5.52. The zero-order valence-electron chi connectivity index (χ0n) is 21.1. The molecule has 36 heavy (non-hydrogen) atoms. The number of likely N-dealkylation sites (tertiary alicyclic amines) is 1. The second-order valence-electron chi connectivity index (χ2n) is 11.0. The number of ether oxygens (including phenoxy) is 1. The van der Waals surface area contributed by atoms with Crippen LogP contribution in [0.25, 0.3) is 5.69 Å². The maximum Gasteiger partial charge on any atom is 0.410 e. The van der Waals surface area contributed by atoms with Gasteiger partial charge in [0, 0.05) is 25.0 Å². The second-order valence-corrected chi connectivity index (χ2v) is 11.0. The number of fused-ring (bicyclic) bond motifs is 2. The summed E-state index contributed by atoms with van der Waals surface area (Å²) in [5, 5.41) is 4.60. The fourth-order valence-corrected chi connectivity index (χ4v) is 5.52. The van der Waals surface area contributed by atoms with Crippen LogP contribution in [0, 0.1) is 24.1 Å². The highest BCUT2D eigenvalue weighted by Crippen LogP contribution is 2.47. The predicted molar refractivity (Wildman–Crippen MR) is 133 cm³/mol. The second kappa shape index (κ2) is 8.84. The Morgan fingerprint density at radius 3 is 2.61 bits per heavy atom. The molecule has 0 spiro atoms. The van der Waals surface area contributed by atoms with Crippen molar-refractivity contribution in [2.45, 2.75) is 52.6 Å². The number of aryl methyl sites for hydroxylation is 1. The smallest absolute Gasteiger partial charge is 0.410 e. The standard InChI is InChI=1S/C28H31FN4O3/c1-18-9-11-30-23(13-18)25(34)28-15-19-16-31-33(22-7-5-21(29)6-8-22)24(19)14-20(28)10-12-32(17-28)26(35)36-27(2,3)4/h5-9,11,13,16,20H,10,12,14-15,17H2,1-4H3/t20-,28-/m0/s1. The van der Waals surface area contributed by atoms with Crippen LogP contribution in [0.3, 0.4) is 0 Å². The minimum absolute atomic E-state index is 0.00519. The van der Waals surface area contributed by atoms with E-state index in [1.807, 2.05) is 44.5 Å². The lowest BCUT2D eigenvalue weighted by Gasteiger charge is -2.49. The summed E-state index contributed by atoms with van der Waals surface area (Å²) < 4.78 is 21.0. The van der Waals surface area contributed by atoms with Gasteiger partial charge in [-0.2, -0.15) is 5.10 Å². The maximum atomic E-state index is 14.2. The first-order chi connectivity index (χ1) is 17.1. The lowest BCUT2D eigenvalue weighted by Crippen LogP contribution is -2.58. The van der Waals surface area contributed by atoms with Gasteiger partial charge in [-0.25, -0.2) is 13.9 Å². The van der Waals surface area contributed by atoms with Crippen LogP contribution in [-0.4, -0.2) is 50.2 Å². The molecule has 2 aromatic heterocycles. The van der Waals surface area contributed by atoms with Crippen molar-refractivity contribution in [1.82, 2.24) is 19.7 Å². The Kier molecular flexibility index (Phi) is 5.93. The van der Waals surface area contributed by atoms with Crippen LogP contribution < -0.4 is 0 Å². The highest BCUT2D eigenvalue weighted by atomic mass is 19.1. The lowest BCUT2D eigenvalue weighted by molar-refractivity contribution is -0.0105. The first kappa shape index (κ1) is 24.2. The number of halogens is 1. The van der Waals surface area contributed by atoms with E-state index in [-0.39, 0.29) is 24.1 Å². The van der Waals surface area contributed by atoms with Crippen molar-refractivity contribution >= 4 is 11.9 Å². The van der Waals surface area contributed by atoms with Crippen LogP contribution in [0.1, 0.15) is 54.5 Å². The molecule has 5 rings (SSSR count). The summed E-state index contributed by atoms with van der Waals surface area (Å²) in [5.74, 6) is -0.358. The normalized spacial score (nSPS) is 21.5. The summed E-state index contributed by atoms with van der Waals surface area (Å²) >= 11 is 0. The number of hydrogen-bond acceptors (Lipinski definition) is 5. The summed E-state index contributed by atoms with van der Waals surface area (Å²) in [6, 6.07) is 9.93. The third kappa shape index (κ3) is 4.40. The van der Waals surface area contributed by atoms with E-state index in [2.05, 4.69) is 10.1 Å². The monoisotopic (exact) mass is 490 g/mol. The predicted octanol–water partition coefficient (Wildman–Crippen LogP) is 4.94. The highest BCUT2D eigenvalue weighted by molar-refractivity contribution is 6.00. The van der Waals surface area contributed by atoms with E-state index in [1.54, 1.807) is 29.4 Å². The average molecular weight is 491 g/mol. The molecule has 1 aromatic carbocycles. The molecule has 0 radical (unpaired) electrons. The van der Waals surface area contributed by atoms with Gasteiger partial charge in [0.25, 0.3) is 0 Å². The van der Waals surface area contributed by atoms with Gasteiger partial charge in [0.15, 0.2) is 5.78 Å². The van der Waals surface area contributed by atoms with Crippen molar-refractivity contribution in [3.05, 3.63) is 77.1 Å². The Balaban J connectivity index is 1.55. The Labute approximate surface area is 210 Å². The van der Waals surface area contributed by atoms with E-state index in [1.165, 1.54) is 12.1 Å². The zero-order valence-corrected chi connectivity index (χ0v) is 21.1. The van der Waals surface area contributed by atoms with Gasteiger partial charge < -0.3 is 9.64 Å². The van der Waals surface area contributed by atoms with Crippen molar-refractivity contribution < 1.29 is 18.7 Å². The number of Topliss-reactive ketones (excluding diaryl/α,β-unsaturated/α-hetero) is 1. The highest BCUT2D eigenvalue weighted by Gasteiger charge is 2.54. The molecule has 2 aliphatic rings. The number of rotatable bonds is 3. The van der Waals surface area contributed by atoms with Gasteiger partial charge in [-0.3, -0.25) is 9.78 Å². The number of benzene rings is 1. The first-order valence-corrected chi connectivity index (χ1v) is 12.3. The Morgan fingerprint density at radius 2 is 1.92 bits per heavy atom. The Bertz CT molecular complexity index is 1310. The molecule has 1 amide bonds. The summed E-state index contributed by atoms with van der Waals surface area (Å²) in [4.78, 5) is 33.3. The number of pyridine rings is 1. The SMILES string of the molecule is Cc1ccnc(C(=O)[C@]23Cc4cnn(-c5ccc(F)cc5)c4C[C@@H]2CCN(C(=O)OC(C)(C)C)C3)c1. The number of nitrogens with zero attached hydrogens (tertiary/aromatic N) is 4. The first-order valence-electron chi connectivity index (χ1n) is 12.3. The third-order valence-electron chi connectivity index (χ3n) is 7.23. The van der Waals surface area contributed by atoms with Crippen LogP contribution in [0.15, 0.2) is 48.8 Å². The molecule has 0 N–H and O–H groups in total. The van der Waals surface area contributed by atoms with E-state index >= 15 is 0 Å². The number of amides is 1. The summed E-state index contributed by atoms with van der Waals surface area (Å²) in [6.07, 6.45) is 4.78. The van der Waals surface area contributed by atoms with Gasteiger partial charge in [0.05, 0.1) is 17.3 Å². The number of aromatic nitrogens is 3. The summed E-state index contributed by atoms with van der Waals surface area (Å²) in [7, 11) is 0. The van der Waals surface area contributed by atoms with Gasteiger partial charge >= 0.3 is 6.09 Å². The number of hydrogen-bond donors (Lipinski definition) is 0. The molecule has 7 nitrogen and oxygen atoms in total. The number of piperidine rings is 1. The molecule has 0 bridgehead atoms. The van der Waals surface area contributed by atoms with E-state index in [0.29, 0.717) is 31.5 Å². The van der Waals surface area contributed by atoms with Crippen molar-refractivity contribution in [1.29, 1.82) is 0 Å². The molecule has 1 aliphatic carbocycles. The summed E-state index contributed by atoms with van der Waals surface area (Å²) in [6.45, 7) is 8.23. The molecule has 0 saturated carbocycles. The van der Waals surface area contributed by atoms with Gasteiger partial charge in [0.1, 0.15) is 17.1 Å². The minimum Gasteiger partial charge on any atom is -0.444 e. The molecule has 1 aliphatic heterocycles. The molecule has 188 valence electrons. The largest absolute Gasteiger partial charge is 0.444 e. The van der Waals surface area contributed by atoms with Gasteiger partial charge in [0.2, 0.25) is 0 Å². The van der Waals surface area contributed by atoms with E-state index < -0.39 is 17.1 Å². The van der Waals surface area contributed by atoms with Crippen molar-refractivity contribution in [3.63, 3.8) is 0 Å². The van der Waals surface area contributed by atoms with E-state index in [4.69, 9.17) is 4.74 Å². The van der Waals surface area contributed by atoms with Gasteiger partial charge in [-0.1, -0.05) is 0 Å². The quantitative estimate of drug-likeness (QED) is 0.486. The van der Waals surface area contributed by atoms with Crippen LogP contribution in [0.5, 0.6) is 0 Å². The van der Waals surface area contributed by atoms with E-state index in [9.17, 15) is 14.0 Å². The topological polar surface area (TPSA) is 77.3 Å². The maximum absolute atomic E-state index is 14.2. The molecule has 0 unspecified atom stereocenters. The Morgan fingerprint density at radius 1 is 1.17 bits per heavy atom. The number of carbonyl (C=O) groups is 2. The van der Waals surface area contributed by atoms with E-state index in [0.717, 1.165) is 22.5 Å². The molecule has 3 aromatic rings. The zero-order chi connectivity index (χ0) is 25.7. The molecule has 1 fully saturated rings. The Hall–Kier alpha value is -3.55. The van der Waals surface area contributed by atoms with Crippen molar-refractivity contribution in [3.8, 4) is 5.69 Å². The third-order valence-corrected chi connectivity index (χ3v) is 7.23. The molecule has 1 saturated heterocycles.